The van der Waals surface area contributed by atoms with Crippen molar-refractivity contribution in [3.8, 4) is 5.75 Å². The van der Waals surface area contributed by atoms with Gasteiger partial charge >= 0.3 is 0 Å². The van der Waals surface area contributed by atoms with Crippen molar-refractivity contribution in [3.05, 3.63) is 45.9 Å². The van der Waals surface area contributed by atoms with Crippen LogP contribution in [-0.2, 0) is 0 Å². The molecule has 0 aliphatic carbocycles. The summed E-state index contributed by atoms with van der Waals surface area (Å²) in [5.74, 6) is 2.11. The number of allylic oxidation sites excluding steroid dienone is 1. The molecule has 14 heavy (non-hydrogen) atoms. The molecule has 0 aromatic heterocycles. The smallest absolute Gasteiger partial charge is 0.136 e. The predicted octanol–water partition coefficient (Wildman–Crippen LogP) is 3.82. The number of benzene rings is 1. The summed E-state index contributed by atoms with van der Waals surface area (Å²) < 4.78 is 6.76. The lowest BCUT2D eigenvalue weighted by molar-refractivity contribution is 0.335. The van der Waals surface area contributed by atoms with Gasteiger partial charge in [-0.3, -0.25) is 0 Å². The summed E-state index contributed by atoms with van der Waals surface area (Å²) in [6.07, 6.45) is 1.86. The number of para-hydroxylation sites is 1. The van der Waals surface area contributed by atoms with E-state index in [-0.39, 0.29) is 0 Å². The molecule has 0 N–H and O–H groups in total. The van der Waals surface area contributed by atoms with Crippen LogP contribution in [-0.4, -0.2) is 6.61 Å². The molecular formula is C12H14IO. The van der Waals surface area contributed by atoms with Gasteiger partial charge in [-0.1, -0.05) is 25.1 Å². The molecule has 0 amide bonds. The van der Waals surface area contributed by atoms with Crippen molar-refractivity contribution in [3.63, 3.8) is 0 Å². The fourth-order valence-corrected chi connectivity index (χ4v) is 1.87. The average molecular weight is 301 g/mol. The quantitative estimate of drug-likeness (QED) is 0.768. The highest BCUT2D eigenvalue weighted by molar-refractivity contribution is 14.1. The van der Waals surface area contributed by atoms with E-state index in [1.54, 1.807) is 0 Å². The zero-order chi connectivity index (χ0) is 10.6. The third-order valence-electron chi connectivity index (χ3n) is 1.99. The largest absolute Gasteiger partial charge is 0.492 e. The van der Waals surface area contributed by atoms with Gasteiger partial charge in [0.15, 0.2) is 0 Å². The second-order valence-electron chi connectivity index (χ2n) is 2.94. The van der Waals surface area contributed by atoms with E-state index in [0.717, 1.165) is 20.8 Å². The minimum Gasteiger partial charge on any atom is -0.492 e. The van der Waals surface area contributed by atoms with Crippen molar-refractivity contribution in [2.75, 3.05) is 6.61 Å². The molecule has 0 unspecified atom stereocenters. The van der Waals surface area contributed by atoms with E-state index < -0.39 is 0 Å². The van der Waals surface area contributed by atoms with Gasteiger partial charge in [0, 0.05) is 11.5 Å². The maximum Gasteiger partial charge on any atom is 0.136 e. The molecule has 0 aliphatic rings. The number of rotatable bonds is 4. The number of hydrogen-bond donors (Lipinski definition) is 0. The summed E-state index contributed by atoms with van der Waals surface area (Å²) >= 11 is 2.29. The third-order valence-corrected chi connectivity index (χ3v) is 2.84. The molecule has 75 valence electrons. The van der Waals surface area contributed by atoms with Crippen molar-refractivity contribution in [2.24, 2.45) is 0 Å². The van der Waals surface area contributed by atoms with E-state index in [0.29, 0.717) is 6.61 Å². The standard InChI is InChI=1S/C12H14IO/c1-4-9(3)10-7-6-8-11(13)12(10)14-5-2/h4,6-8H,1,5H2,2-3H3. The summed E-state index contributed by atoms with van der Waals surface area (Å²) in [4.78, 5) is 0. The molecule has 0 heterocycles. The fourth-order valence-electron chi connectivity index (χ4n) is 1.22. The summed E-state index contributed by atoms with van der Waals surface area (Å²) in [6, 6.07) is 6.14. The molecule has 0 saturated heterocycles. The van der Waals surface area contributed by atoms with Crippen LogP contribution in [0.1, 0.15) is 19.4 Å². The molecule has 0 aliphatic heterocycles. The van der Waals surface area contributed by atoms with Crippen LogP contribution in [0.2, 0.25) is 0 Å². The van der Waals surface area contributed by atoms with Gasteiger partial charge in [-0.15, -0.1) is 6.58 Å². The highest BCUT2D eigenvalue weighted by Gasteiger charge is 2.11. The summed E-state index contributed by atoms with van der Waals surface area (Å²) in [5.41, 5.74) is 1.13. The van der Waals surface area contributed by atoms with Crippen LogP contribution >= 0.6 is 22.6 Å². The predicted molar refractivity (Wildman–Crippen MR) is 68.5 cm³/mol. The Morgan fingerprint density at radius 2 is 2.29 bits per heavy atom. The zero-order valence-corrected chi connectivity index (χ0v) is 10.7. The molecule has 1 radical (unpaired) electrons. The number of hydrogen-bond acceptors (Lipinski definition) is 1. The zero-order valence-electron chi connectivity index (χ0n) is 8.51. The van der Waals surface area contributed by atoms with E-state index >= 15 is 0 Å². The van der Waals surface area contributed by atoms with Gasteiger partial charge in [0.05, 0.1) is 10.2 Å². The van der Waals surface area contributed by atoms with Crippen molar-refractivity contribution in [2.45, 2.75) is 13.8 Å². The first-order valence-electron chi connectivity index (χ1n) is 4.58. The third kappa shape index (κ3) is 2.50. The van der Waals surface area contributed by atoms with Gasteiger partial charge in [-0.2, -0.15) is 0 Å². The molecule has 1 nitrogen and oxygen atoms in total. The molecule has 0 fully saturated rings. The van der Waals surface area contributed by atoms with Gasteiger partial charge in [0.25, 0.3) is 0 Å². The highest BCUT2D eigenvalue weighted by atomic mass is 127. The molecule has 0 spiro atoms. The van der Waals surface area contributed by atoms with Crippen LogP contribution in [0.5, 0.6) is 5.75 Å². The van der Waals surface area contributed by atoms with Crippen LogP contribution in [0.15, 0.2) is 30.9 Å². The SMILES string of the molecule is C=C[C](C)c1cccc(I)c1OCC. The highest BCUT2D eigenvalue weighted by Crippen LogP contribution is 2.31. The van der Waals surface area contributed by atoms with Crippen molar-refractivity contribution >= 4 is 22.6 Å². The minimum atomic E-state index is 0.692. The Labute approximate surface area is 99.3 Å². The molecule has 1 rings (SSSR count). The van der Waals surface area contributed by atoms with E-state index in [2.05, 4.69) is 35.2 Å². The van der Waals surface area contributed by atoms with Crippen molar-refractivity contribution in [1.29, 1.82) is 0 Å². The lowest BCUT2D eigenvalue weighted by Gasteiger charge is -2.14. The van der Waals surface area contributed by atoms with Gasteiger partial charge in [-0.05, 0) is 35.6 Å². The van der Waals surface area contributed by atoms with Gasteiger partial charge in [-0.25, -0.2) is 0 Å². The van der Waals surface area contributed by atoms with Crippen molar-refractivity contribution < 1.29 is 4.74 Å². The van der Waals surface area contributed by atoms with Crippen LogP contribution in [0.3, 0.4) is 0 Å². The Morgan fingerprint density at radius 3 is 2.86 bits per heavy atom. The molecule has 0 bridgehead atoms. The summed E-state index contributed by atoms with van der Waals surface area (Å²) in [7, 11) is 0. The second-order valence-corrected chi connectivity index (χ2v) is 4.10. The first-order chi connectivity index (χ1) is 6.70. The summed E-state index contributed by atoms with van der Waals surface area (Å²) in [6.45, 7) is 8.50. The minimum absolute atomic E-state index is 0.692. The summed E-state index contributed by atoms with van der Waals surface area (Å²) in [5, 5.41) is 0. The Bertz CT molecular complexity index is 320. The molecule has 2 heteroatoms. The van der Waals surface area contributed by atoms with Gasteiger partial charge in [0.1, 0.15) is 5.75 Å². The van der Waals surface area contributed by atoms with E-state index in [1.165, 1.54) is 0 Å². The van der Waals surface area contributed by atoms with Gasteiger partial charge in [0.2, 0.25) is 0 Å². The fraction of sp³-hybridized carbons (Fsp3) is 0.250. The maximum absolute atomic E-state index is 5.61. The first kappa shape index (κ1) is 11.6. The van der Waals surface area contributed by atoms with E-state index in [1.807, 2.05) is 32.1 Å². The lowest BCUT2D eigenvalue weighted by Crippen LogP contribution is -2.01. The van der Waals surface area contributed by atoms with Crippen LogP contribution in [0, 0.1) is 9.49 Å². The Kier molecular flexibility index (Phi) is 4.45. The molecule has 0 atom stereocenters. The maximum atomic E-state index is 5.61. The topological polar surface area (TPSA) is 9.23 Å². The monoisotopic (exact) mass is 301 g/mol. The molecular weight excluding hydrogens is 287 g/mol. The first-order valence-corrected chi connectivity index (χ1v) is 5.66. The van der Waals surface area contributed by atoms with Crippen LogP contribution in [0.25, 0.3) is 0 Å². The van der Waals surface area contributed by atoms with Crippen molar-refractivity contribution in [1.82, 2.24) is 0 Å². The molecule has 0 saturated carbocycles. The molecule has 1 aromatic rings. The normalized spacial score (nSPS) is 10.3. The van der Waals surface area contributed by atoms with Gasteiger partial charge < -0.3 is 4.74 Å². The molecule has 1 aromatic carbocycles. The van der Waals surface area contributed by atoms with E-state index in [4.69, 9.17) is 4.74 Å². The average Bonchev–Trinajstić information content (AvgIpc) is 2.20. The number of ether oxygens (including phenoxy) is 1. The second kappa shape index (κ2) is 5.39. The number of halogens is 1. The van der Waals surface area contributed by atoms with Crippen LogP contribution in [0.4, 0.5) is 0 Å². The van der Waals surface area contributed by atoms with Crippen LogP contribution < -0.4 is 4.74 Å². The Morgan fingerprint density at radius 1 is 1.57 bits per heavy atom. The Balaban J connectivity index is 3.13. The van der Waals surface area contributed by atoms with E-state index in [9.17, 15) is 0 Å². The lowest BCUT2D eigenvalue weighted by atomic mass is 10.0. The Hall–Kier alpha value is -0.510.